The van der Waals surface area contributed by atoms with Crippen molar-refractivity contribution in [1.29, 1.82) is 0 Å². The first-order chi connectivity index (χ1) is 8.38. The fourth-order valence-corrected chi connectivity index (χ4v) is 1.45. The fraction of sp³-hybridized carbons (Fsp3) is 0.0667. The minimum atomic E-state index is 0.572. The average Bonchev–Trinajstić information content (AvgIpc) is 2.39. The van der Waals surface area contributed by atoms with E-state index in [1.165, 1.54) is 0 Å². The van der Waals surface area contributed by atoms with E-state index < -0.39 is 0 Å². The van der Waals surface area contributed by atoms with E-state index in [0.29, 0.717) is 5.75 Å². The Hall–Kier alpha value is -1.85. The van der Waals surface area contributed by atoms with Crippen molar-refractivity contribution < 1.29 is 4.74 Å². The summed E-state index contributed by atoms with van der Waals surface area (Å²) in [5.74, 6) is 8.13. The summed E-state index contributed by atoms with van der Waals surface area (Å²) < 4.78 is 5.67. The van der Waals surface area contributed by atoms with E-state index in [2.05, 4.69) is 24.5 Å². The van der Waals surface area contributed by atoms with Crippen LogP contribution in [0.15, 0.2) is 54.6 Å². The topological polar surface area (TPSA) is 9.23 Å². The first-order valence-corrected chi connectivity index (χ1v) is 5.94. The lowest BCUT2D eigenvalue weighted by atomic mass is 10.2. The maximum atomic E-state index is 5.67. The van der Waals surface area contributed by atoms with Crippen LogP contribution in [0.3, 0.4) is 0 Å². The van der Waals surface area contributed by atoms with Gasteiger partial charge in [-0.2, -0.15) is 12.6 Å². The lowest BCUT2D eigenvalue weighted by Crippen LogP contribution is -1.83. The molecule has 0 heterocycles. The van der Waals surface area contributed by atoms with Crippen LogP contribution in [0.5, 0.6) is 11.5 Å². The van der Waals surface area contributed by atoms with Crippen molar-refractivity contribution in [3.05, 3.63) is 60.2 Å². The molecule has 0 bridgehead atoms. The first-order valence-electron chi connectivity index (χ1n) is 5.31. The van der Waals surface area contributed by atoms with E-state index in [1.54, 1.807) is 0 Å². The highest BCUT2D eigenvalue weighted by atomic mass is 32.1. The summed E-state index contributed by atoms with van der Waals surface area (Å²) in [6, 6.07) is 17.4. The number of para-hydroxylation sites is 1. The van der Waals surface area contributed by atoms with Gasteiger partial charge in [0.1, 0.15) is 11.5 Å². The molecule has 84 valence electrons. The number of ether oxygens (including phenoxy) is 1. The van der Waals surface area contributed by atoms with Gasteiger partial charge in [-0.05, 0) is 36.4 Å². The van der Waals surface area contributed by atoms with Gasteiger partial charge in [0.05, 0.1) is 5.75 Å². The lowest BCUT2D eigenvalue weighted by molar-refractivity contribution is 0.482. The maximum Gasteiger partial charge on any atom is 0.127 e. The van der Waals surface area contributed by atoms with Gasteiger partial charge >= 0.3 is 0 Å². The molecule has 0 saturated carbocycles. The number of hydrogen-bond acceptors (Lipinski definition) is 2. The van der Waals surface area contributed by atoms with Crippen LogP contribution in [0.1, 0.15) is 5.56 Å². The Kier molecular flexibility index (Phi) is 4.12. The number of benzene rings is 2. The predicted octanol–water partition coefficient (Wildman–Crippen LogP) is 3.76. The van der Waals surface area contributed by atoms with Gasteiger partial charge < -0.3 is 4.74 Å². The Morgan fingerprint density at radius 1 is 0.882 bits per heavy atom. The van der Waals surface area contributed by atoms with Crippen LogP contribution in [-0.4, -0.2) is 5.75 Å². The zero-order valence-electron chi connectivity index (χ0n) is 9.26. The molecule has 0 aromatic heterocycles. The second-order valence-electron chi connectivity index (χ2n) is 3.40. The zero-order valence-corrected chi connectivity index (χ0v) is 10.2. The highest BCUT2D eigenvalue weighted by Crippen LogP contribution is 2.20. The Morgan fingerprint density at radius 3 is 2.18 bits per heavy atom. The van der Waals surface area contributed by atoms with Crippen LogP contribution < -0.4 is 4.74 Å². The molecule has 2 heteroatoms. The van der Waals surface area contributed by atoms with Crippen LogP contribution in [0.25, 0.3) is 0 Å². The highest BCUT2D eigenvalue weighted by Gasteiger charge is 1.95. The monoisotopic (exact) mass is 240 g/mol. The third kappa shape index (κ3) is 3.58. The molecule has 0 N–H and O–H groups in total. The summed E-state index contributed by atoms with van der Waals surface area (Å²) >= 11 is 4.04. The van der Waals surface area contributed by atoms with E-state index in [0.717, 1.165) is 17.1 Å². The maximum absolute atomic E-state index is 5.67. The summed E-state index contributed by atoms with van der Waals surface area (Å²) in [7, 11) is 0. The molecule has 0 amide bonds. The quantitative estimate of drug-likeness (QED) is 0.621. The Balaban J connectivity index is 2.08. The standard InChI is InChI=1S/C15H12OS/c17-12-4-5-13-8-10-15(11-9-13)16-14-6-2-1-3-7-14/h1-3,6-11,17H,12H2. The fourth-order valence-electron chi connectivity index (χ4n) is 1.37. The first kappa shape index (κ1) is 11.6. The molecular weight excluding hydrogens is 228 g/mol. The molecule has 0 aliphatic rings. The van der Waals surface area contributed by atoms with Crippen LogP contribution in [0, 0.1) is 11.8 Å². The van der Waals surface area contributed by atoms with E-state index in [9.17, 15) is 0 Å². The molecule has 0 unspecified atom stereocenters. The number of hydrogen-bond donors (Lipinski definition) is 1. The second kappa shape index (κ2) is 6.03. The third-order valence-electron chi connectivity index (χ3n) is 2.15. The molecular formula is C15H12OS. The van der Waals surface area contributed by atoms with Gasteiger partial charge in [0, 0.05) is 5.56 Å². The molecule has 2 aromatic rings. The van der Waals surface area contributed by atoms with Gasteiger partial charge in [-0.3, -0.25) is 0 Å². The Bertz CT molecular complexity index is 520. The van der Waals surface area contributed by atoms with Crippen molar-refractivity contribution in [2.24, 2.45) is 0 Å². The van der Waals surface area contributed by atoms with Crippen LogP contribution in [0.4, 0.5) is 0 Å². The SMILES string of the molecule is SCC#Cc1ccc(Oc2ccccc2)cc1. The number of rotatable bonds is 2. The van der Waals surface area contributed by atoms with E-state index in [-0.39, 0.29) is 0 Å². The second-order valence-corrected chi connectivity index (χ2v) is 3.72. The van der Waals surface area contributed by atoms with Crippen molar-refractivity contribution in [3.8, 4) is 23.3 Å². The third-order valence-corrected chi connectivity index (χ3v) is 2.30. The largest absolute Gasteiger partial charge is 0.457 e. The van der Waals surface area contributed by atoms with Gasteiger partial charge in [0.2, 0.25) is 0 Å². The molecule has 0 aliphatic carbocycles. The molecule has 2 rings (SSSR count). The van der Waals surface area contributed by atoms with Crippen molar-refractivity contribution in [1.82, 2.24) is 0 Å². The minimum absolute atomic E-state index is 0.572. The van der Waals surface area contributed by atoms with E-state index in [4.69, 9.17) is 4.74 Å². The average molecular weight is 240 g/mol. The summed E-state index contributed by atoms with van der Waals surface area (Å²) in [5, 5.41) is 0. The lowest BCUT2D eigenvalue weighted by Gasteiger charge is -2.04. The molecule has 0 radical (unpaired) electrons. The van der Waals surface area contributed by atoms with E-state index in [1.807, 2.05) is 54.6 Å². The van der Waals surface area contributed by atoms with Crippen LogP contribution in [0.2, 0.25) is 0 Å². The molecule has 17 heavy (non-hydrogen) atoms. The molecule has 1 nitrogen and oxygen atoms in total. The summed E-state index contributed by atoms with van der Waals surface area (Å²) in [6.07, 6.45) is 0. The van der Waals surface area contributed by atoms with Crippen LogP contribution >= 0.6 is 12.6 Å². The summed E-state index contributed by atoms with van der Waals surface area (Å²) in [4.78, 5) is 0. The van der Waals surface area contributed by atoms with Crippen molar-refractivity contribution in [3.63, 3.8) is 0 Å². The predicted molar refractivity (Wildman–Crippen MR) is 73.7 cm³/mol. The van der Waals surface area contributed by atoms with Crippen molar-refractivity contribution >= 4 is 12.6 Å². The molecule has 0 atom stereocenters. The number of thiol groups is 1. The summed E-state index contributed by atoms with van der Waals surface area (Å²) in [5.41, 5.74) is 0.972. The smallest absolute Gasteiger partial charge is 0.127 e. The molecule has 0 saturated heterocycles. The van der Waals surface area contributed by atoms with E-state index >= 15 is 0 Å². The Morgan fingerprint density at radius 2 is 1.53 bits per heavy atom. The molecule has 0 aliphatic heterocycles. The molecule has 0 fully saturated rings. The van der Waals surface area contributed by atoms with Crippen LogP contribution in [-0.2, 0) is 0 Å². The van der Waals surface area contributed by atoms with Gasteiger partial charge in [-0.15, -0.1) is 0 Å². The van der Waals surface area contributed by atoms with Gasteiger partial charge in [0.15, 0.2) is 0 Å². The highest BCUT2D eigenvalue weighted by molar-refractivity contribution is 7.80. The Labute approximate surface area is 107 Å². The van der Waals surface area contributed by atoms with Gasteiger partial charge in [0.25, 0.3) is 0 Å². The summed E-state index contributed by atoms with van der Waals surface area (Å²) in [6.45, 7) is 0. The minimum Gasteiger partial charge on any atom is -0.457 e. The van der Waals surface area contributed by atoms with Crippen molar-refractivity contribution in [2.75, 3.05) is 5.75 Å². The molecule has 2 aromatic carbocycles. The normalized spacial score (nSPS) is 9.24. The molecule has 0 spiro atoms. The zero-order chi connectivity index (χ0) is 11.9. The van der Waals surface area contributed by atoms with Gasteiger partial charge in [-0.25, -0.2) is 0 Å². The van der Waals surface area contributed by atoms with Gasteiger partial charge in [-0.1, -0.05) is 30.0 Å². The van der Waals surface area contributed by atoms with Crippen molar-refractivity contribution in [2.45, 2.75) is 0 Å².